The Balaban J connectivity index is 1.74. The Hall–Kier alpha value is -2.13. The van der Waals surface area contributed by atoms with Gasteiger partial charge in [0.05, 0.1) is 16.3 Å². The number of hydrogen-bond acceptors (Lipinski definition) is 5. The van der Waals surface area contributed by atoms with Crippen LogP contribution in [0.2, 0.25) is 0 Å². The maximum absolute atomic E-state index is 13.3. The molecule has 1 aromatic rings. The number of hydrogen-bond donors (Lipinski definition) is 1. The van der Waals surface area contributed by atoms with E-state index < -0.39 is 10.0 Å². The molecule has 1 atom stereocenters. The summed E-state index contributed by atoms with van der Waals surface area (Å²) in [6.45, 7) is 5.43. The summed E-state index contributed by atoms with van der Waals surface area (Å²) in [6, 6.07) is 4.69. The Morgan fingerprint density at radius 1 is 1.10 bits per heavy atom. The largest absolute Gasteiger partial charge is 0.358 e. The molecule has 4 rings (SSSR count). The number of rotatable bonds is 5. The number of fused-ring (bicyclic) bond motifs is 3. The molecule has 30 heavy (non-hydrogen) atoms. The summed E-state index contributed by atoms with van der Waals surface area (Å²) < 4.78 is 27.7. The molecular formula is C21H30N4O4S. The van der Waals surface area contributed by atoms with E-state index in [0.29, 0.717) is 18.8 Å². The summed E-state index contributed by atoms with van der Waals surface area (Å²) in [5.41, 5.74) is 1.34. The van der Waals surface area contributed by atoms with E-state index in [4.69, 9.17) is 0 Å². The number of nitrogens with one attached hydrogen (secondary N) is 1. The van der Waals surface area contributed by atoms with Gasteiger partial charge in [0.1, 0.15) is 12.6 Å². The molecule has 2 fully saturated rings. The molecular weight excluding hydrogens is 404 g/mol. The number of carbonyl (C=O) groups is 2. The van der Waals surface area contributed by atoms with Gasteiger partial charge in [-0.2, -0.15) is 4.31 Å². The van der Waals surface area contributed by atoms with Crippen molar-refractivity contribution in [1.29, 1.82) is 0 Å². The Bertz CT molecular complexity index is 940. The van der Waals surface area contributed by atoms with Gasteiger partial charge in [-0.25, -0.2) is 8.42 Å². The van der Waals surface area contributed by atoms with Crippen LogP contribution in [0.25, 0.3) is 0 Å². The summed E-state index contributed by atoms with van der Waals surface area (Å²) in [7, 11) is -3.61. The van der Waals surface area contributed by atoms with Crippen molar-refractivity contribution in [3.05, 3.63) is 18.2 Å². The Morgan fingerprint density at radius 2 is 1.80 bits per heavy atom. The molecule has 164 valence electrons. The summed E-state index contributed by atoms with van der Waals surface area (Å²) >= 11 is 0. The van der Waals surface area contributed by atoms with Crippen molar-refractivity contribution in [1.82, 2.24) is 9.62 Å². The molecule has 3 heterocycles. The molecule has 0 bridgehead atoms. The summed E-state index contributed by atoms with van der Waals surface area (Å²) in [5, 5.41) is 2.83. The lowest BCUT2D eigenvalue weighted by Gasteiger charge is -2.45. The predicted molar refractivity (Wildman–Crippen MR) is 115 cm³/mol. The molecule has 0 aromatic heterocycles. The van der Waals surface area contributed by atoms with Gasteiger partial charge in [-0.1, -0.05) is 0 Å². The molecule has 3 aliphatic heterocycles. The van der Waals surface area contributed by atoms with Gasteiger partial charge in [0, 0.05) is 25.7 Å². The van der Waals surface area contributed by atoms with Gasteiger partial charge >= 0.3 is 0 Å². The number of anilines is 2. The second-order valence-corrected chi connectivity index (χ2v) is 10.6. The fourth-order valence-electron chi connectivity index (χ4n) is 4.65. The number of benzene rings is 1. The van der Waals surface area contributed by atoms with E-state index in [1.54, 1.807) is 18.2 Å². The van der Waals surface area contributed by atoms with Crippen LogP contribution in [0.4, 0.5) is 11.4 Å². The fraction of sp³-hybridized carbons (Fsp3) is 0.619. The molecule has 0 spiro atoms. The molecule has 0 aliphatic carbocycles. The average molecular weight is 435 g/mol. The maximum Gasteiger partial charge on any atom is 0.250 e. The lowest BCUT2D eigenvalue weighted by atomic mass is 9.96. The summed E-state index contributed by atoms with van der Waals surface area (Å²) in [4.78, 5) is 29.5. The number of piperidine rings is 1. The number of amides is 2. The van der Waals surface area contributed by atoms with Crippen LogP contribution in [0.15, 0.2) is 23.1 Å². The van der Waals surface area contributed by atoms with E-state index in [1.165, 1.54) is 9.21 Å². The number of sulfonamides is 1. The maximum atomic E-state index is 13.3. The Morgan fingerprint density at radius 3 is 2.50 bits per heavy atom. The molecule has 3 aliphatic rings. The molecule has 1 unspecified atom stereocenters. The van der Waals surface area contributed by atoms with Crippen molar-refractivity contribution < 1.29 is 18.0 Å². The second-order valence-electron chi connectivity index (χ2n) is 8.61. The van der Waals surface area contributed by atoms with Gasteiger partial charge in [0.2, 0.25) is 21.8 Å². The minimum Gasteiger partial charge on any atom is -0.358 e. The van der Waals surface area contributed by atoms with Crippen LogP contribution in [-0.2, 0) is 19.6 Å². The van der Waals surface area contributed by atoms with Crippen molar-refractivity contribution in [2.75, 3.05) is 36.0 Å². The van der Waals surface area contributed by atoms with Gasteiger partial charge in [-0.15, -0.1) is 0 Å². The topological polar surface area (TPSA) is 90.0 Å². The Kier molecular flexibility index (Phi) is 5.76. The number of carbonyl (C=O) groups excluding carboxylic acids is 2. The SMILES string of the molecule is CC(C)NC(=O)CN1C(=O)C2CCCCN2c2ccc(S(=O)(=O)N3CCCC3)cc21. The fourth-order valence-corrected chi connectivity index (χ4v) is 6.19. The van der Waals surface area contributed by atoms with Crippen LogP contribution in [-0.4, -0.2) is 62.8 Å². The molecule has 0 radical (unpaired) electrons. The third-order valence-corrected chi connectivity index (χ3v) is 7.95. The van der Waals surface area contributed by atoms with Crippen molar-refractivity contribution >= 4 is 33.2 Å². The van der Waals surface area contributed by atoms with Crippen LogP contribution in [0.1, 0.15) is 46.0 Å². The first-order valence-electron chi connectivity index (χ1n) is 10.8. The predicted octanol–water partition coefficient (Wildman–Crippen LogP) is 1.70. The molecule has 2 saturated heterocycles. The molecule has 0 saturated carbocycles. The van der Waals surface area contributed by atoms with Gasteiger partial charge < -0.3 is 10.2 Å². The van der Waals surface area contributed by atoms with E-state index >= 15 is 0 Å². The van der Waals surface area contributed by atoms with Crippen LogP contribution in [0.3, 0.4) is 0 Å². The second kappa shape index (κ2) is 8.19. The quantitative estimate of drug-likeness (QED) is 0.762. The van der Waals surface area contributed by atoms with Crippen LogP contribution >= 0.6 is 0 Å². The zero-order valence-electron chi connectivity index (χ0n) is 17.6. The highest BCUT2D eigenvalue weighted by atomic mass is 32.2. The third-order valence-electron chi connectivity index (χ3n) is 6.06. The highest BCUT2D eigenvalue weighted by molar-refractivity contribution is 7.89. The lowest BCUT2D eigenvalue weighted by Crippen LogP contribution is -2.57. The first kappa shape index (κ1) is 21.1. The normalized spacial score (nSPS) is 22.2. The molecule has 8 nitrogen and oxygen atoms in total. The first-order valence-corrected chi connectivity index (χ1v) is 12.2. The van der Waals surface area contributed by atoms with E-state index in [1.807, 2.05) is 13.8 Å². The molecule has 1 N–H and O–H groups in total. The van der Waals surface area contributed by atoms with Gasteiger partial charge in [-0.3, -0.25) is 14.5 Å². The minimum atomic E-state index is -3.61. The molecule has 1 aromatic carbocycles. The average Bonchev–Trinajstić information content (AvgIpc) is 3.26. The van der Waals surface area contributed by atoms with Gasteiger partial charge in [0.25, 0.3) is 0 Å². The standard InChI is InChI=1S/C21H30N4O4S/c1-15(2)22-20(26)14-25-19-13-16(30(28,29)23-10-5-6-11-23)8-9-17(19)24-12-4-3-7-18(24)21(25)27/h8-9,13,15,18H,3-7,10-12,14H2,1-2H3,(H,22,26). The van der Waals surface area contributed by atoms with Crippen molar-refractivity contribution in [2.45, 2.75) is 62.9 Å². The third kappa shape index (κ3) is 3.80. The summed E-state index contributed by atoms with van der Waals surface area (Å²) in [5.74, 6) is -0.377. The van der Waals surface area contributed by atoms with E-state index in [-0.39, 0.29) is 35.3 Å². The van der Waals surface area contributed by atoms with Crippen molar-refractivity contribution in [2.24, 2.45) is 0 Å². The number of nitrogens with zero attached hydrogens (tertiary/aromatic N) is 3. The summed E-state index contributed by atoms with van der Waals surface area (Å²) in [6.07, 6.45) is 4.42. The molecule has 9 heteroatoms. The van der Waals surface area contributed by atoms with Crippen LogP contribution < -0.4 is 15.1 Å². The zero-order chi connectivity index (χ0) is 21.5. The van der Waals surface area contributed by atoms with Gasteiger partial charge in [0.15, 0.2) is 0 Å². The van der Waals surface area contributed by atoms with Gasteiger partial charge in [-0.05, 0) is 64.2 Å². The lowest BCUT2D eigenvalue weighted by molar-refractivity contribution is -0.125. The highest BCUT2D eigenvalue weighted by Gasteiger charge is 2.41. The first-order chi connectivity index (χ1) is 14.3. The zero-order valence-corrected chi connectivity index (χ0v) is 18.5. The van der Waals surface area contributed by atoms with Crippen LogP contribution in [0, 0.1) is 0 Å². The Labute approximate surface area is 178 Å². The highest BCUT2D eigenvalue weighted by Crippen LogP contribution is 2.41. The monoisotopic (exact) mass is 434 g/mol. The van der Waals surface area contributed by atoms with E-state index in [2.05, 4.69) is 10.2 Å². The van der Waals surface area contributed by atoms with E-state index in [9.17, 15) is 18.0 Å². The van der Waals surface area contributed by atoms with E-state index in [0.717, 1.165) is 44.3 Å². The van der Waals surface area contributed by atoms with Crippen molar-refractivity contribution in [3.63, 3.8) is 0 Å². The van der Waals surface area contributed by atoms with Crippen LogP contribution in [0.5, 0.6) is 0 Å². The smallest absolute Gasteiger partial charge is 0.250 e. The van der Waals surface area contributed by atoms with Crippen molar-refractivity contribution in [3.8, 4) is 0 Å². The molecule has 2 amide bonds. The minimum absolute atomic E-state index is 0.0371.